The van der Waals surface area contributed by atoms with Gasteiger partial charge in [0.05, 0.1) is 0 Å². The lowest BCUT2D eigenvalue weighted by molar-refractivity contribution is 0.0737. The number of nitrogens with zero attached hydrogens (tertiary/aromatic N) is 2. The predicted molar refractivity (Wildman–Crippen MR) is 95.9 cm³/mol. The van der Waals surface area contributed by atoms with Gasteiger partial charge in [-0.2, -0.15) is 0 Å². The zero-order valence-electron chi connectivity index (χ0n) is 12.8. The summed E-state index contributed by atoms with van der Waals surface area (Å²) in [6.07, 6.45) is 0.995. The number of hydrogen-bond donors (Lipinski definition) is 1. The van der Waals surface area contributed by atoms with Gasteiger partial charge in [-0.3, -0.25) is 4.79 Å². The summed E-state index contributed by atoms with van der Waals surface area (Å²) in [5.74, 6) is -0.0182. The predicted octanol–water partition coefficient (Wildman–Crippen LogP) is 3.43. The summed E-state index contributed by atoms with van der Waals surface area (Å²) < 4.78 is 1.03. The molecule has 1 amide bonds. The number of benzene rings is 1. The van der Waals surface area contributed by atoms with E-state index >= 15 is 0 Å². The van der Waals surface area contributed by atoms with E-state index < -0.39 is 0 Å². The second-order valence-corrected chi connectivity index (χ2v) is 7.49. The Morgan fingerprint density at radius 1 is 1.35 bits per heavy atom. The molecular formula is C17H18BrN3OS. The maximum absolute atomic E-state index is 12.6. The van der Waals surface area contributed by atoms with Crippen LogP contribution in [-0.4, -0.2) is 42.0 Å². The van der Waals surface area contributed by atoms with Crippen molar-refractivity contribution in [3.05, 3.63) is 52.6 Å². The van der Waals surface area contributed by atoms with Gasteiger partial charge in [-0.1, -0.05) is 39.8 Å². The minimum Gasteiger partial charge on any atom is -0.336 e. The molecule has 2 heterocycles. The second kappa shape index (κ2) is 7.47. The van der Waals surface area contributed by atoms with Crippen LogP contribution in [0.5, 0.6) is 0 Å². The van der Waals surface area contributed by atoms with E-state index in [1.807, 2.05) is 43.4 Å². The van der Waals surface area contributed by atoms with Crippen molar-refractivity contribution < 1.29 is 4.79 Å². The maximum atomic E-state index is 12.6. The van der Waals surface area contributed by atoms with E-state index in [1.54, 1.807) is 22.7 Å². The second-order valence-electron chi connectivity index (χ2n) is 5.48. The minimum atomic E-state index is -0.0182. The van der Waals surface area contributed by atoms with Gasteiger partial charge in [-0.25, -0.2) is 4.98 Å². The molecular weight excluding hydrogens is 374 g/mol. The van der Waals surface area contributed by atoms with Gasteiger partial charge in [-0.05, 0) is 43.3 Å². The van der Waals surface area contributed by atoms with E-state index in [2.05, 4.69) is 26.2 Å². The zero-order valence-corrected chi connectivity index (χ0v) is 15.2. The monoisotopic (exact) mass is 391 g/mol. The topological polar surface area (TPSA) is 45.2 Å². The summed E-state index contributed by atoms with van der Waals surface area (Å²) in [5, 5.41) is 4.11. The van der Waals surface area contributed by atoms with Crippen molar-refractivity contribution in [1.82, 2.24) is 15.2 Å². The van der Waals surface area contributed by atoms with E-state index in [9.17, 15) is 4.79 Å². The number of amides is 1. The Morgan fingerprint density at radius 3 is 2.91 bits per heavy atom. The Kier molecular flexibility index (Phi) is 5.35. The lowest BCUT2D eigenvalue weighted by Gasteiger charge is -2.23. The maximum Gasteiger partial charge on any atom is 0.272 e. The third-order valence-electron chi connectivity index (χ3n) is 3.86. The molecule has 0 aliphatic carbocycles. The van der Waals surface area contributed by atoms with Crippen LogP contribution in [0.25, 0.3) is 0 Å². The molecule has 1 aromatic heterocycles. The molecule has 23 heavy (non-hydrogen) atoms. The SMILES string of the molecule is CN(C(=O)c1cccc(Sc2cccc(Br)c2)n1)C1CCNC1. The van der Waals surface area contributed by atoms with Gasteiger partial charge in [0, 0.05) is 29.0 Å². The van der Waals surface area contributed by atoms with Crippen LogP contribution < -0.4 is 5.32 Å². The average molecular weight is 392 g/mol. The van der Waals surface area contributed by atoms with Gasteiger partial charge < -0.3 is 10.2 Å². The molecule has 4 nitrogen and oxygen atoms in total. The molecule has 0 spiro atoms. The Hall–Kier alpha value is -1.37. The lowest BCUT2D eigenvalue weighted by atomic mass is 10.2. The molecule has 1 aliphatic rings. The summed E-state index contributed by atoms with van der Waals surface area (Å²) in [7, 11) is 1.86. The normalized spacial score (nSPS) is 17.2. The highest BCUT2D eigenvalue weighted by Gasteiger charge is 2.24. The van der Waals surface area contributed by atoms with Crippen LogP contribution in [0.4, 0.5) is 0 Å². The molecule has 0 radical (unpaired) electrons. The van der Waals surface area contributed by atoms with E-state index in [4.69, 9.17) is 0 Å². The molecule has 6 heteroatoms. The molecule has 1 N–H and O–H groups in total. The van der Waals surface area contributed by atoms with Crippen LogP contribution in [0, 0.1) is 0 Å². The Bertz CT molecular complexity index is 704. The Labute approximate surface area is 148 Å². The van der Waals surface area contributed by atoms with Gasteiger partial charge in [-0.15, -0.1) is 0 Å². The summed E-state index contributed by atoms with van der Waals surface area (Å²) in [6.45, 7) is 1.82. The molecule has 3 rings (SSSR count). The third-order valence-corrected chi connectivity index (χ3v) is 5.28. The number of pyridine rings is 1. The van der Waals surface area contributed by atoms with Crippen molar-refractivity contribution in [3.8, 4) is 0 Å². The van der Waals surface area contributed by atoms with Crippen LogP contribution in [-0.2, 0) is 0 Å². The molecule has 120 valence electrons. The third kappa shape index (κ3) is 4.13. The molecule has 1 unspecified atom stereocenters. The van der Waals surface area contributed by atoms with E-state index in [0.29, 0.717) is 5.69 Å². The number of carbonyl (C=O) groups is 1. The fourth-order valence-electron chi connectivity index (χ4n) is 2.56. The highest BCUT2D eigenvalue weighted by molar-refractivity contribution is 9.10. The number of hydrogen-bond acceptors (Lipinski definition) is 4. The quantitative estimate of drug-likeness (QED) is 0.866. The average Bonchev–Trinajstić information content (AvgIpc) is 3.08. The fraction of sp³-hybridized carbons (Fsp3) is 0.294. The molecule has 1 saturated heterocycles. The van der Waals surface area contributed by atoms with Crippen molar-refractivity contribution in [2.24, 2.45) is 0 Å². The molecule has 2 aromatic rings. The van der Waals surface area contributed by atoms with Crippen LogP contribution in [0.15, 0.2) is 56.9 Å². The largest absolute Gasteiger partial charge is 0.336 e. The number of halogens is 1. The van der Waals surface area contributed by atoms with Crippen LogP contribution >= 0.6 is 27.7 Å². The van der Waals surface area contributed by atoms with E-state index in [1.165, 1.54) is 0 Å². The summed E-state index contributed by atoms with van der Waals surface area (Å²) in [5.41, 5.74) is 0.499. The molecule has 1 atom stereocenters. The number of aromatic nitrogens is 1. The highest BCUT2D eigenvalue weighted by Crippen LogP contribution is 2.28. The van der Waals surface area contributed by atoms with Crippen molar-refractivity contribution in [2.45, 2.75) is 22.4 Å². The first-order valence-electron chi connectivity index (χ1n) is 7.52. The smallest absolute Gasteiger partial charge is 0.272 e. The minimum absolute atomic E-state index is 0.0182. The standard InChI is InChI=1S/C17H18BrN3OS/c1-21(13-8-9-19-11-13)17(22)15-6-3-7-16(20-15)23-14-5-2-4-12(18)10-14/h2-7,10,13,19H,8-9,11H2,1H3. The number of likely N-dealkylation sites (N-methyl/N-ethyl adjacent to an activating group) is 1. The van der Waals surface area contributed by atoms with Gasteiger partial charge in [0.15, 0.2) is 0 Å². The van der Waals surface area contributed by atoms with Crippen LogP contribution in [0.3, 0.4) is 0 Å². The number of rotatable bonds is 4. The number of nitrogens with one attached hydrogen (secondary N) is 1. The van der Waals surface area contributed by atoms with E-state index in [0.717, 1.165) is 33.9 Å². The Balaban J connectivity index is 1.75. The summed E-state index contributed by atoms with van der Waals surface area (Å²) in [4.78, 5) is 20.0. The molecule has 0 bridgehead atoms. The first-order chi connectivity index (χ1) is 11.1. The van der Waals surface area contributed by atoms with Crippen molar-refractivity contribution in [3.63, 3.8) is 0 Å². The summed E-state index contributed by atoms with van der Waals surface area (Å²) >= 11 is 5.02. The first kappa shape index (κ1) is 16.5. The Morgan fingerprint density at radius 2 is 2.17 bits per heavy atom. The molecule has 1 aliphatic heterocycles. The van der Waals surface area contributed by atoms with Crippen molar-refractivity contribution >= 4 is 33.6 Å². The molecule has 1 fully saturated rings. The first-order valence-corrected chi connectivity index (χ1v) is 9.13. The zero-order chi connectivity index (χ0) is 16.2. The molecule has 0 saturated carbocycles. The fourth-order valence-corrected chi connectivity index (χ4v) is 3.97. The lowest BCUT2D eigenvalue weighted by Crippen LogP contribution is -2.38. The van der Waals surface area contributed by atoms with Crippen LogP contribution in [0.1, 0.15) is 16.9 Å². The summed E-state index contributed by atoms with van der Waals surface area (Å²) in [6, 6.07) is 13.9. The highest BCUT2D eigenvalue weighted by atomic mass is 79.9. The number of carbonyl (C=O) groups excluding carboxylic acids is 1. The van der Waals surface area contributed by atoms with Gasteiger partial charge in [0.2, 0.25) is 0 Å². The van der Waals surface area contributed by atoms with Crippen LogP contribution in [0.2, 0.25) is 0 Å². The van der Waals surface area contributed by atoms with Crippen molar-refractivity contribution in [2.75, 3.05) is 20.1 Å². The molecule has 1 aromatic carbocycles. The van der Waals surface area contributed by atoms with Crippen molar-refractivity contribution in [1.29, 1.82) is 0 Å². The van der Waals surface area contributed by atoms with Gasteiger partial charge in [0.25, 0.3) is 5.91 Å². The van der Waals surface area contributed by atoms with Gasteiger partial charge in [0.1, 0.15) is 10.7 Å². The van der Waals surface area contributed by atoms with Gasteiger partial charge >= 0.3 is 0 Å². The van der Waals surface area contributed by atoms with E-state index in [-0.39, 0.29) is 11.9 Å².